The minimum absolute atomic E-state index is 0.321. The maximum absolute atomic E-state index is 11.6. The number of hydrogen-bond donors (Lipinski definition) is 3. The van der Waals surface area contributed by atoms with E-state index in [4.69, 9.17) is 5.11 Å². The third-order valence-electron chi connectivity index (χ3n) is 2.86. The number of carboxylic acids is 1. The van der Waals surface area contributed by atoms with E-state index in [-0.39, 0.29) is 0 Å². The zero-order valence-electron chi connectivity index (χ0n) is 10.6. The summed E-state index contributed by atoms with van der Waals surface area (Å²) in [4.78, 5) is 22.6. The van der Waals surface area contributed by atoms with Gasteiger partial charge >= 0.3 is 12.0 Å². The number of carbonyl (C=O) groups is 2. The summed E-state index contributed by atoms with van der Waals surface area (Å²) in [5.74, 6) is -1.04. The molecular formula is C13H18N2O3. The highest BCUT2D eigenvalue weighted by Crippen LogP contribution is 2.08. The Hall–Kier alpha value is -2.04. The number of carboxylic acid groups (broad SMARTS) is 1. The van der Waals surface area contributed by atoms with E-state index in [9.17, 15) is 9.59 Å². The van der Waals surface area contributed by atoms with Crippen molar-refractivity contribution in [1.82, 2.24) is 10.6 Å². The van der Waals surface area contributed by atoms with Crippen LogP contribution in [0.3, 0.4) is 0 Å². The van der Waals surface area contributed by atoms with Crippen molar-refractivity contribution >= 4 is 12.0 Å². The number of benzene rings is 1. The lowest BCUT2D eigenvalue weighted by atomic mass is 10.00. The van der Waals surface area contributed by atoms with Crippen LogP contribution in [-0.2, 0) is 11.3 Å². The third kappa shape index (κ3) is 3.76. The van der Waals surface area contributed by atoms with Gasteiger partial charge in [-0.2, -0.15) is 0 Å². The van der Waals surface area contributed by atoms with Crippen LogP contribution in [0.25, 0.3) is 0 Å². The van der Waals surface area contributed by atoms with Crippen LogP contribution in [0.5, 0.6) is 0 Å². The van der Waals surface area contributed by atoms with E-state index in [2.05, 4.69) is 10.6 Å². The predicted octanol–water partition coefficient (Wildman–Crippen LogP) is 1.74. The molecule has 5 nitrogen and oxygen atoms in total. The molecule has 0 saturated heterocycles. The number of rotatable bonds is 5. The number of nitrogens with one attached hydrogen (secondary N) is 2. The highest BCUT2D eigenvalue weighted by Gasteiger charge is 2.32. The number of urea groups is 1. The minimum atomic E-state index is -1.24. The lowest BCUT2D eigenvalue weighted by Gasteiger charge is -2.24. The van der Waals surface area contributed by atoms with Gasteiger partial charge < -0.3 is 15.7 Å². The summed E-state index contributed by atoms with van der Waals surface area (Å²) in [6.45, 7) is 3.56. The first-order valence-corrected chi connectivity index (χ1v) is 5.81. The van der Waals surface area contributed by atoms with E-state index >= 15 is 0 Å². The molecule has 5 heteroatoms. The summed E-state index contributed by atoms with van der Waals surface area (Å²) in [5.41, 5.74) is -0.276. The summed E-state index contributed by atoms with van der Waals surface area (Å²) >= 11 is 0. The summed E-state index contributed by atoms with van der Waals surface area (Å²) < 4.78 is 0. The van der Waals surface area contributed by atoms with E-state index in [1.807, 2.05) is 30.3 Å². The van der Waals surface area contributed by atoms with Gasteiger partial charge in [-0.3, -0.25) is 0 Å². The first kappa shape index (κ1) is 14.0. The quantitative estimate of drug-likeness (QED) is 0.744. The fourth-order valence-electron chi connectivity index (χ4n) is 1.37. The third-order valence-corrected chi connectivity index (χ3v) is 2.86. The normalized spacial score (nSPS) is 13.4. The maximum Gasteiger partial charge on any atom is 0.329 e. The van der Waals surface area contributed by atoms with Crippen LogP contribution in [0.4, 0.5) is 4.79 Å². The second kappa shape index (κ2) is 6.05. The summed E-state index contributed by atoms with van der Waals surface area (Å²) in [7, 11) is 0. The van der Waals surface area contributed by atoms with Crippen molar-refractivity contribution in [2.75, 3.05) is 0 Å². The zero-order valence-corrected chi connectivity index (χ0v) is 10.6. The fourth-order valence-corrected chi connectivity index (χ4v) is 1.37. The maximum atomic E-state index is 11.6. The van der Waals surface area contributed by atoms with Crippen LogP contribution in [0.2, 0.25) is 0 Å². The lowest BCUT2D eigenvalue weighted by Crippen LogP contribution is -2.54. The van der Waals surface area contributed by atoms with Gasteiger partial charge in [-0.25, -0.2) is 9.59 Å². The molecule has 0 fully saturated rings. The van der Waals surface area contributed by atoms with Crippen LogP contribution < -0.4 is 10.6 Å². The van der Waals surface area contributed by atoms with Crippen molar-refractivity contribution in [1.29, 1.82) is 0 Å². The van der Waals surface area contributed by atoms with Crippen molar-refractivity contribution < 1.29 is 14.7 Å². The van der Waals surface area contributed by atoms with Gasteiger partial charge in [-0.15, -0.1) is 0 Å². The Morgan fingerprint density at radius 3 is 2.39 bits per heavy atom. The number of amides is 2. The minimum Gasteiger partial charge on any atom is -0.480 e. The summed E-state index contributed by atoms with van der Waals surface area (Å²) in [6.07, 6.45) is 0.321. The van der Waals surface area contributed by atoms with Crippen molar-refractivity contribution in [3.8, 4) is 0 Å². The van der Waals surface area contributed by atoms with E-state index in [1.165, 1.54) is 6.92 Å². The van der Waals surface area contributed by atoms with Crippen molar-refractivity contribution in [3.63, 3.8) is 0 Å². The highest BCUT2D eigenvalue weighted by atomic mass is 16.4. The Labute approximate surface area is 106 Å². The molecule has 0 aliphatic heterocycles. The van der Waals surface area contributed by atoms with Crippen LogP contribution in [0, 0.1) is 0 Å². The molecule has 2 amide bonds. The largest absolute Gasteiger partial charge is 0.480 e. The van der Waals surface area contributed by atoms with E-state index in [0.29, 0.717) is 13.0 Å². The standard InChI is InChI=1S/C13H18N2O3/c1-3-13(2,11(16)17)15-12(18)14-9-10-7-5-4-6-8-10/h4-8H,3,9H2,1-2H3,(H,16,17)(H2,14,15,18). The molecule has 1 unspecified atom stereocenters. The van der Waals surface area contributed by atoms with E-state index in [1.54, 1.807) is 6.92 Å². The molecule has 18 heavy (non-hydrogen) atoms. The van der Waals surface area contributed by atoms with Crippen LogP contribution in [-0.4, -0.2) is 22.6 Å². The van der Waals surface area contributed by atoms with Gasteiger partial charge in [-0.05, 0) is 18.9 Å². The average Bonchev–Trinajstić information content (AvgIpc) is 2.37. The number of carbonyl (C=O) groups excluding carboxylic acids is 1. The van der Waals surface area contributed by atoms with Crippen molar-refractivity contribution in [2.24, 2.45) is 0 Å². The fraction of sp³-hybridized carbons (Fsp3) is 0.385. The van der Waals surface area contributed by atoms with Gasteiger partial charge in [0.05, 0.1) is 0 Å². The van der Waals surface area contributed by atoms with Crippen molar-refractivity contribution in [3.05, 3.63) is 35.9 Å². The molecule has 0 aliphatic carbocycles. The molecule has 1 rings (SSSR count). The smallest absolute Gasteiger partial charge is 0.329 e. The van der Waals surface area contributed by atoms with Gasteiger partial charge in [0.1, 0.15) is 5.54 Å². The van der Waals surface area contributed by atoms with Crippen molar-refractivity contribution in [2.45, 2.75) is 32.4 Å². The lowest BCUT2D eigenvalue weighted by molar-refractivity contribution is -0.143. The first-order chi connectivity index (χ1) is 8.48. The molecular weight excluding hydrogens is 232 g/mol. The molecule has 98 valence electrons. The van der Waals surface area contributed by atoms with Crippen LogP contribution in [0.1, 0.15) is 25.8 Å². The Balaban J connectivity index is 2.49. The van der Waals surface area contributed by atoms with Crippen LogP contribution >= 0.6 is 0 Å². The number of hydrogen-bond acceptors (Lipinski definition) is 2. The molecule has 0 bridgehead atoms. The highest BCUT2D eigenvalue weighted by molar-refractivity contribution is 5.85. The second-order valence-corrected chi connectivity index (χ2v) is 4.28. The van der Waals surface area contributed by atoms with E-state index < -0.39 is 17.5 Å². The topological polar surface area (TPSA) is 78.4 Å². The second-order valence-electron chi connectivity index (χ2n) is 4.28. The monoisotopic (exact) mass is 250 g/mol. The van der Waals surface area contributed by atoms with E-state index in [0.717, 1.165) is 5.56 Å². The molecule has 0 radical (unpaired) electrons. The Bertz CT molecular complexity index is 420. The van der Waals surface area contributed by atoms with Gasteiger partial charge in [0.2, 0.25) is 0 Å². The SMILES string of the molecule is CCC(C)(NC(=O)NCc1ccccc1)C(=O)O. The van der Waals surface area contributed by atoms with Gasteiger partial charge in [-0.1, -0.05) is 37.3 Å². The molecule has 0 heterocycles. The molecule has 0 saturated carbocycles. The Kier molecular flexibility index (Phi) is 4.71. The molecule has 1 atom stereocenters. The first-order valence-electron chi connectivity index (χ1n) is 5.81. The molecule has 1 aromatic rings. The number of aliphatic carboxylic acids is 1. The van der Waals surface area contributed by atoms with Gasteiger partial charge in [0.15, 0.2) is 0 Å². The van der Waals surface area contributed by atoms with Gasteiger partial charge in [0.25, 0.3) is 0 Å². The summed E-state index contributed by atoms with van der Waals surface area (Å²) in [5, 5.41) is 14.1. The summed E-state index contributed by atoms with van der Waals surface area (Å²) in [6, 6.07) is 8.94. The van der Waals surface area contributed by atoms with Gasteiger partial charge in [0, 0.05) is 6.54 Å². The molecule has 3 N–H and O–H groups in total. The zero-order chi connectivity index (χ0) is 13.6. The predicted molar refractivity (Wildman–Crippen MR) is 68.1 cm³/mol. The molecule has 0 spiro atoms. The molecule has 0 aliphatic rings. The molecule has 1 aromatic carbocycles. The average molecular weight is 250 g/mol. The Morgan fingerprint density at radius 1 is 1.28 bits per heavy atom. The molecule has 0 aromatic heterocycles. The van der Waals surface area contributed by atoms with Crippen LogP contribution in [0.15, 0.2) is 30.3 Å². The Morgan fingerprint density at radius 2 is 1.89 bits per heavy atom.